The van der Waals surface area contributed by atoms with Crippen LogP contribution in [0.5, 0.6) is 0 Å². The highest BCUT2D eigenvalue weighted by atomic mass is 16.4. The summed E-state index contributed by atoms with van der Waals surface area (Å²) in [6, 6.07) is -0.122. The molecule has 1 saturated carbocycles. The normalized spacial score (nSPS) is 18.5. The standard InChI is InChI=1S/C15H28N2O3/c1-3-15(9-4-5-10-15)11-16-14(20)17-12(2)7-6-8-13(18)19/h12H,3-11H2,1-2H3,(H,18,19)(H2,16,17,20). The van der Waals surface area contributed by atoms with Crippen LogP contribution in [0.1, 0.15) is 65.2 Å². The molecule has 0 radical (unpaired) electrons. The fraction of sp³-hybridized carbons (Fsp3) is 0.867. The Bertz CT molecular complexity index is 325. The van der Waals surface area contributed by atoms with Crippen LogP contribution in [0.2, 0.25) is 0 Å². The van der Waals surface area contributed by atoms with Crippen molar-refractivity contribution in [2.75, 3.05) is 6.54 Å². The lowest BCUT2D eigenvalue weighted by Crippen LogP contribution is -2.44. The van der Waals surface area contributed by atoms with Gasteiger partial charge in [0.2, 0.25) is 0 Å². The lowest BCUT2D eigenvalue weighted by atomic mass is 9.83. The Kier molecular flexibility index (Phi) is 6.82. The van der Waals surface area contributed by atoms with Gasteiger partial charge >= 0.3 is 12.0 Å². The number of urea groups is 1. The molecule has 1 rings (SSSR count). The van der Waals surface area contributed by atoms with Crippen LogP contribution in [0.25, 0.3) is 0 Å². The third-order valence-electron chi connectivity index (χ3n) is 4.44. The van der Waals surface area contributed by atoms with E-state index in [2.05, 4.69) is 17.6 Å². The Balaban J connectivity index is 2.20. The van der Waals surface area contributed by atoms with Crippen molar-refractivity contribution in [1.82, 2.24) is 10.6 Å². The second kappa shape index (κ2) is 8.12. The highest BCUT2D eigenvalue weighted by Crippen LogP contribution is 2.40. The summed E-state index contributed by atoms with van der Waals surface area (Å²) in [7, 11) is 0. The van der Waals surface area contributed by atoms with Gasteiger partial charge in [-0.3, -0.25) is 4.79 Å². The van der Waals surface area contributed by atoms with E-state index in [4.69, 9.17) is 5.11 Å². The molecule has 1 aliphatic carbocycles. The molecule has 1 aliphatic rings. The number of carbonyl (C=O) groups is 2. The molecule has 0 heterocycles. The van der Waals surface area contributed by atoms with Crippen molar-refractivity contribution in [3.8, 4) is 0 Å². The van der Waals surface area contributed by atoms with Gasteiger partial charge in [-0.1, -0.05) is 19.8 Å². The SMILES string of the molecule is CCC1(CNC(=O)NC(C)CCCC(=O)O)CCCC1. The molecule has 2 amide bonds. The summed E-state index contributed by atoms with van der Waals surface area (Å²) in [6.45, 7) is 4.85. The summed E-state index contributed by atoms with van der Waals surface area (Å²) in [5, 5.41) is 14.4. The van der Waals surface area contributed by atoms with Crippen LogP contribution >= 0.6 is 0 Å². The zero-order valence-electron chi connectivity index (χ0n) is 12.7. The fourth-order valence-corrected chi connectivity index (χ4v) is 2.95. The van der Waals surface area contributed by atoms with E-state index >= 15 is 0 Å². The lowest BCUT2D eigenvalue weighted by molar-refractivity contribution is -0.137. The number of carbonyl (C=O) groups excluding carboxylic acids is 1. The predicted molar refractivity (Wildman–Crippen MR) is 78.7 cm³/mol. The van der Waals surface area contributed by atoms with Crippen molar-refractivity contribution in [2.24, 2.45) is 5.41 Å². The average Bonchev–Trinajstić information content (AvgIpc) is 2.85. The van der Waals surface area contributed by atoms with Crippen LogP contribution in [0.15, 0.2) is 0 Å². The minimum Gasteiger partial charge on any atom is -0.481 e. The number of nitrogens with one attached hydrogen (secondary N) is 2. The van der Waals surface area contributed by atoms with Crippen molar-refractivity contribution in [3.63, 3.8) is 0 Å². The van der Waals surface area contributed by atoms with Gasteiger partial charge in [-0.15, -0.1) is 0 Å². The van der Waals surface area contributed by atoms with Crippen LogP contribution < -0.4 is 10.6 Å². The van der Waals surface area contributed by atoms with E-state index in [1.807, 2.05) is 6.92 Å². The molecule has 20 heavy (non-hydrogen) atoms. The van der Waals surface area contributed by atoms with E-state index in [9.17, 15) is 9.59 Å². The first kappa shape index (κ1) is 16.8. The molecule has 1 fully saturated rings. The highest BCUT2D eigenvalue weighted by molar-refractivity contribution is 5.74. The minimum absolute atomic E-state index is 0.00973. The van der Waals surface area contributed by atoms with E-state index in [0.717, 1.165) is 13.0 Å². The Morgan fingerprint density at radius 2 is 1.95 bits per heavy atom. The maximum absolute atomic E-state index is 11.8. The third-order valence-corrected chi connectivity index (χ3v) is 4.44. The van der Waals surface area contributed by atoms with Crippen LogP contribution in [0.3, 0.4) is 0 Å². The van der Waals surface area contributed by atoms with Gasteiger partial charge < -0.3 is 15.7 Å². The maximum Gasteiger partial charge on any atom is 0.315 e. The van der Waals surface area contributed by atoms with Gasteiger partial charge in [-0.2, -0.15) is 0 Å². The van der Waals surface area contributed by atoms with Gasteiger partial charge in [-0.05, 0) is 44.4 Å². The molecular weight excluding hydrogens is 256 g/mol. The third kappa shape index (κ3) is 5.80. The Labute approximate surface area is 121 Å². The molecular formula is C15H28N2O3. The molecule has 1 unspecified atom stereocenters. The molecule has 5 nitrogen and oxygen atoms in total. The molecule has 0 saturated heterocycles. The molecule has 3 N–H and O–H groups in total. The number of amides is 2. The fourth-order valence-electron chi connectivity index (χ4n) is 2.95. The van der Waals surface area contributed by atoms with E-state index in [-0.39, 0.29) is 18.5 Å². The monoisotopic (exact) mass is 284 g/mol. The summed E-state index contributed by atoms with van der Waals surface area (Å²) >= 11 is 0. The van der Waals surface area contributed by atoms with Gasteiger partial charge in [0.05, 0.1) is 0 Å². The number of carboxylic acid groups (broad SMARTS) is 1. The summed E-state index contributed by atoms with van der Waals surface area (Å²) in [6.07, 6.45) is 7.50. The highest BCUT2D eigenvalue weighted by Gasteiger charge is 2.32. The zero-order valence-corrected chi connectivity index (χ0v) is 12.7. The summed E-state index contributed by atoms with van der Waals surface area (Å²) in [5.41, 5.74) is 0.296. The van der Waals surface area contributed by atoms with E-state index < -0.39 is 5.97 Å². The molecule has 116 valence electrons. The summed E-state index contributed by atoms with van der Waals surface area (Å²) < 4.78 is 0. The molecule has 0 bridgehead atoms. The van der Waals surface area contributed by atoms with Crippen LogP contribution in [0.4, 0.5) is 4.79 Å². The topological polar surface area (TPSA) is 78.4 Å². The molecule has 0 aromatic heterocycles. The number of rotatable bonds is 8. The van der Waals surface area contributed by atoms with Crippen molar-refractivity contribution in [1.29, 1.82) is 0 Å². The van der Waals surface area contributed by atoms with Gasteiger partial charge in [0.1, 0.15) is 0 Å². The first-order chi connectivity index (χ1) is 9.47. The van der Waals surface area contributed by atoms with E-state index in [0.29, 0.717) is 18.3 Å². The van der Waals surface area contributed by atoms with Crippen LogP contribution in [0, 0.1) is 5.41 Å². The van der Waals surface area contributed by atoms with Gasteiger partial charge in [0.25, 0.3) is 0 Å². The quantitative estimate of drug-likeness (QED) is 0.641. The van der Waals surface area contributed by atoms with E-state index in [1.165, 1.54) is 25.7 Å². The first-order valence-electron chi connectivity index (χ1n) is 7.73. The number of hydrogen-bond acceptors (Lipinski definition) is 2. The Morgan fingerprint density at radius 1 is 1.30 bits per heavy atom. The van der Waals surface area contributed by atoms with Gasteiger partial charge in [0.15, 0.2) is 0 Å². The smallest absolute Gasteiger partial charge is 0.315 e. The van der Waals surface area contributed by atoms with Crippen molar-refractivity contribution in [3.05, 3.63) is 0 Å². The lowest BCUT2D eigenvalue weighted by Gasteiger charge is -2.28. The van der Waals surface area contributed by atoms with Crippen molar-refractivity contribution < 1.29 is 14.7 Å². The summed E-state index contributed by atoms with van der Waals surface area (Å²) in [4.78, 5) is 22.2. The number of hydrogen-bond donors (Lipinski definition) is 3. The molecule has 5 heteroatoms. The minimum atomic E-state index is -0.784. The van der Waals surface area contributed by atoms with Crippen LogP contribution in [-0.2, 0) is 4.79 Å². The van der Waals surface area contributed by atoms with Crippen LogP contribution in [-0.4, -0.2) is 29.7 Å². The second-order valence-electron chi connectivity index (χ2n) is 6.07. The number of aliphatic carboxylic acids is 1. The molecule has 0 aliphatic heterocycles. The zero-order chi connectivity index (χ0) is 15.0. The molecule has 1 atom stereocenters. The summed E-state index contributed by atoms with van der Waals surface area (Å²) in [5.74, 6) is -0.784. The maximum atomic E-state index is 11.8. The average molecular weight is 284 g/mol. The largest absolute Gasteiger partial charge is 0.481 e. The van der Waals surface area contributed by atoms with Gasteiger partial charge in [-0.25, -0.2) is 4.79 Å². The van der Waals surface area contributed by atoms with Crippen molar-refractivity contribution >= 4 is 12.0 Å². The van der Waals surface area contributed by atoms with E-state index in [1.54, 1.807) is 0 Å². The first-order valence-corrected chi connectivity index (χ1v) is 7.73. The van der Waals surface area contributed by atoms with Crippen molar-refractivity contribution in [2.45, 2.75) is 71.3 Å². The van der Waals surface area contributed by atoms with Gasteiger partial charge in [0, 0.05) is 19.0 Å². The predicted octanol–water partition coefficient (Wildman–Crippen LogP) is 2.90. The Hall–Kier alpha value is -1.26. The number of carboxylic acids is 1. The molecule has 0 spiro atoms. The molecule has 0 aromatic rings. The second-order valence-corrected chi connectivity index (χ2v) is 6.07. The molecule has 0 aromatic carbocycles. The Morgan fingerprint density at radius 3 is 2.50 bits per heavy atom.